The first-order chi connectivity index (χ1) is 11.2. The zero-order valence-electron chi connectivity index (χ0n) is 13.1. The summed E-state index contributed by atoms with van der Waals surface area (Å²) in [4.78, 5) is 29.2. The van der Waals surface area contributed by atoms with Crippen molar-refractivity contribution >= 4 is 11.7 Å². The molecular formula is C16H20N6O. The standard InChI is InChI=1S/C16H20N6O/c1-21-5-7-22(8-6-21)15-12-18-14(11-19-15)16(23)20-10-13-3-2-4-17-9-13/h2-4,9,11-12H,5-8,10H2,1H3,(H,20,23). The van der Waals surface area contributed by atoms with Crippen molar-refractivity contribution in [2.75, 3.05) is 38.1 Å². The van der Waals surface area contributed by atoms with Gasteiger partial charge in [-0.1, -0.05) is 6.07 Å². The van der Waals surface area contributed by atoms with Crippen LogP contribution in [0.25, 0.3) is 0 Å². The third kappa shape index (κ3) is 4.01. The third-order valence-electron chi connectivity index (χ3n) is 3.87. The Morgan fingerprint density at radius 2 is 2.00 bits per heavy atom. The van der Waals surface area contributed by atoms with Gasteiger partial charge in [0.05, 0.1) is 12.4 Å². The lowest BCUT2D eigenvalue weighted by Gasteiger charge is -2.32. The Hall–Kier alpha value is -2.54. The predicted molar refractivity (Wildman–Crippen MR) is 87.1 cm³/mol. The topological polar surface area (TPSA) is 74.2 Å². The first-order valence-electron chi connectivity index (χ1n) is 7.65. The molecule has 0 saturated carbocycles. The zero-order valence-corrected chi connectivity index (χ0v) is 13.1. The highest BCUT2D eigenvalue weighted by Gasteiger charge is 2.16. The van der Waals surface area contributed by atoms with Crippen LogP contribution in [0.5, 0.6) is 0 Å². The Morgan fingerprint density at radius 1 is 1.17 bits per heavy atom. The van der Waals surface area contributed by atoms with Crippen molar-refractivity contribution in [3.8, 4) is 0 Å². The number of nitrogens with one attached hydrogen (secondary N) is 1. The maximum atomic E-state index is 12.1. The lowest BCUT2D eigenvalue weighted by molar-refractivity contribution is 0.0945. The Morgan fingerprint density at radius 3 is 2.65 bits per heavy atom. The van der Waals surface area contributed by atoms with Crippen LogP contribution in [0.2, 0.25) is 0 Å². The van der Waals surface area contributed by atoms with Crippen LogP contribution >= 0.6 is 0 Å². The van der Waals surface area contributed by atoms with E-state index >= 15 is 0 Å². The molecule has 0 aliphatic carbocycles. The zero-order chi connectivity index (χ0) is 16.1. The van der Waals surface area contributed by atoms with E-state index in [1.54, 1.807) is 18.6 Å². The molecule has 3 heterocycles. The number of pyridine rings is 1. The Bertz CT molecular complexity index is 637. The second-order valence-electron chi connectivity index (χ2n) is 5.59. The van der Waals surface area contributed by atoms with Crippen molar-refractivity contribution in [1.29, 1.82) is 0 Å². The number of piperazine rings is 1. The van der Waals surface area contributed by atoms with Crippen LogP contribution in [0.1, 0.15) is 16.1 Å². The molecule has 1 aliphatic rings. The lowest BCUT2D eigenvalue weighted by Crippen LogP contribution is -2.44. The van der Waals surface area contributed by atoms with Gasteiger partial charge in [-0.25, -0.2) is 9.97 Å². The highest BCUT2D eigenvalue weighted by Crippen LogP contribution is 2.11. The van der Waals surface area contributed by atoms with Crippen molar-refractivity contribution in [3.05, 3.63) is 48.2 Å². The Kier molecular flexibility index (Phi) is 4.77. The van der Waals surface area contributed by atoms with Crippen LogP contribution in [0, 0.1) is 0 Å². The van der Waals surface area contributed by atoms with Gasteiger partial charge >= 0.3 is 0 Å². The number of rotatable bonds is 4. The molecule has 0 radical (unpaired) electrons. The lowest BCUT2D eigenvalue weighted by atomic mass is 10.3. The summed E-state index contributed by atoms with van der Waals surface area (Å²) in [5.74, 6) is 0.591. The van der Waals surface area contributed by atoms with E-state index in [2.05, 4.69) is 37.1 Å². The number of nitrogens with zero attached hydrogens (tertiary/aromatic N) is 5. The van der Waals surface area contributed by atoms with E-state index < -0.39 is 0 Å². The minimum absolute atomic E-state index is 0.230. The Labute approximate surface area is 135 Å². The quantitative estimate of drug-likeness (QED) is 0.889. The number of hydrogen-bond acceptors (Lipinski definition) is 6. The second kappa shape index (κ2) is 7.15. The second-order valence-corrected chi connectivity index (χ2v) is 5.59. The van der Waals surface area contributed by atoms with Gasteiger partial charge in [-0.3, -0.25) is 9.78 Å². The summed E-state index contributed by atoms with van der Waals surface area (Å²) < 4.78 is 0. The maximum Gasteiger partial charge on any atom is 0.271 e. The molecule has 2 aromatic heterocycles. The predicted octanol–water partition coefficient (Wildman–Crippen LogP) is 0.553. The minimum atomic E-state index is -0.230. The van der Waals surface area contributed by atoms with E-state index in [9.17, 15) is 4.79 Å². The summed E-state index contributed by atoms with van der Waals surface area (Å²) in [7, 11) is 2.11. The van der Waals surface area contributed by atoms with Crippen LogP contribution in [0.15, 0.2) is 36.9 Å². The third-order valence-corrected chi connectivity index (χ3v) is 3.87. The number of anilines is 1. The molecule has 120 valence electrons. The van der Waals surface area contributed by atoms with Crippen molar-refractivity contribution in [3.63, 3.8) is 0 Å². The van der Waals surface area contributed by atoms with Crippen LogP contribution in [0.4, 0.5) is 5.82 Å². The monoisotopic (exact) mass is 312 g/mol. The summed E-state index contributed by atoms with van der Waals surface area (Å²) in [6, 6.07) is 3.75. The van der Waals surface area contributed by atoms with Crippen molar-refractivity contribution < 1.29 is 4.79 Å². The van der Waals surface area contributed by atoms with Crippen molar-refractivity contribution in [1.82, 2.24) is 25.2 Å². The van der Waals surface area contributed by atoms with E-state index in [1.165, 1.54) is 6.20 Å². The molecule has 1 fully saturated rings. The van der Waals surface area contributed by atoms with E-state index in [-0.39, 0.29) is 5.91 Å². The molecule has 1 amide bonds. The fraction of sp³-hybridized carbons (Fsp3) is 0.375. The molecule has 0 atom stereocenters. The first kappa shape index (κ1) is 15.4. The van der Waals surface area contributed by atoms with Gasteiger partial charge in [0.25, 0.3) is 5.91 Å². The number of amides is 1. The fourth-order valence-corrected chi connectivity index (χ4v) is 2.41. The van der Waals surface area contributed by atoms with Crippen LogP contribution in [-0.2, 0) is 6.54 Å². The van der Waals surface area contributed by atoms with Crippen LogP contribution in [-0.4, -0.2) is 59.0 Å². The molecule has 23 heavy (non-hydrogen) atoms. The molecule has 1 N–H and O–H groups in total. The molecular weight excluding hydrogens is 292 g/mol. The first-order valence-corrected chi connectivity index (χ1v) is 7.65. The van der Waals surface area contributed by atoms with Gasteiger partial charge < -0.3 is 15.1 Å². The summed E-state index contributed by atoms with van der Waals surface area (Å²) in [6.45, 7) is 4.30. The summed E-state index contributed by atoms with van der Waals surface area (Å²) in [6.07, 6.45) is 6.63. The van der Waals surface area contributed by atoms with E-state index in [1.807, 2.05) is 12.1 Å². The van der Waals surface area contributed by atoms with Gasteiger partial charge in [-0.2, -0.15) is 0 Å². The van der Waals surface area contributed by atoms with E-state index in [4.69, 9.17) is 0 Å². The molecule has 0 unspecified atom stereocenters. The number of likely N-dealkylation sites (N-methyl/N-ethyl adjacent to an activating group) is 1. The average molecular weight is 312 g/mol. The van der Waals surface area contributed by atoms with Gasteiger partial charge in [0.2, 0.25) is 0 Å². The van der Waals surface area contributed by atoms with Crippen molar-refractivity contribution in [2.24, 2.45) is 0 Å². The van der Waals surface area contributed by atoms with Gasteiger partial charge in [0.15, 0.2) is 0 Å². The average Bonchev–Trinajstić information content (AvgIpc) is 2.61. The van der Waals surface area contributed by atoms with Gasteiger partial charge in [-0.05, 0) is 18.7 Å². The highest BCUT2D eigenvalue weighted by molar-refractivity contribution is 5.91. The fourth-order valence-electron chi connectivity index (χ4n) is 2.41. The van der Waals surface area contributed by atoms with Crippen LogP contribution < -0.4 is 10.2 Å². The number of carbonyl (C=O) groups excluding carboxylic acids is 1. The molecule has 0 spiro atoms. The van der Waals surface area contributed by atoms with Gasteiger partial charge in [0, 0.05) is 45.1 Å². The molecule has 2 aromatic rings. The van der Waals surface area contributed by atoms with E-state index in [0.29, 0.717) is 12.2 Å². The van der Waals surface area contributed by atoms with Crippen molar-refractivity contribution in [2.45, 2.75) is 6.54 Å². The number of carbonyl (C=O) groups is 1. The molecule has 0 bridgehead atoms. The largest absolute Gasteiger partial charge is 0.353 e. The SMILES string of the molecule is CN1CCN(c2cnc(C(=O)NCc3cccnc3)cn2)CC1. The molecule has 1 saturated heterocycles. The normalized spacial score (nSPS) is 15.4. The van der Waals surface area contributed by atoms with Gasteiger partial charge in [0.1, 0.15) is 11.5 Å². The maximum absolute atomic E-state index is 12.1. The highest BCUT2D eigenvalue weighted by atomic mass is 16.1. The molecule has 7 nitrogen and oxygen atoms in total. The number of aromatic nitrogens is 3. The van der Waals surface area contributed by atoms with Crippen LogP contribution in [0.3, 0.4) is 0 Å². The minimum Gasteiger partial charge on any atom is -0.353 e. The Balaban J connectivity index is 1.57. The van der Waals surface area contributed by atoms with E-state index in [0.717, 1.165) is 37.6 Å². The molecule has 3 rings (SSSR count). The molecule has 0 aromatic carbocycles. The molecule has 7 heteroatoms. The summed E-state index contributed by atoms with van der Waals surface area (Å²) in [5.41, 5.74) is 1.27. The summed E-state index contributed by atoms with van der Waals surface area (Å²) >= 11 is 0. The molecule has 1 aliphatic heterocycles. The summed E-state index contributed by atoms with van der Waals surface area (Å²) in [5, 5.41) is 2.82. The number of hydrogen-bond donors (Lipinski definition) is 1. The smallest absolute Gasteiger partial charge is 0.271 e. The van der Waals surface area contributed by atoms with Gasteiger partial charge in [-0.15, -0.1) is 0 Å².